The lowest BCUT2D eigenvalue weighted by molar-refractivity contribution is -0.150. The van der Waals surface area contributed by atoms with Crippen LogP contribution < -0.4 is 5.32 Å². The Balaban J connectivity index is 2.11. The molecule has 2 rings (SSSR count). The van der Waals surface area contributed by atoms with Crippen LogP contribution in [0.3, 0.4) is 0 Å². The second-order valence-corrected chi connectivity index (χ2v) is 5.12. The van der Waals surface area contributed by atoms with Gasteiger partial charge in [-0.3, -0.25) is 9.59 Å². The number of aliphatic carboxylic acids is 1. The topological polar surface area (TPSA) is 69.6 Å². The fourth-order valence-corrected chi connectivity index (χ4v) is 2.58. The van der Waals surface area contributed by atoms with Crippen LogP contribution in [-0.4, -0.2) is 47.6 Å². The molecule has 1 aliphatic carbocycles. The number of rotatable bonds is 5. The molecule has 2 aliphatic rings. The highest BCUT2D eigenvalue weighted by atomic mass is 16.4. The monoisotopic (exact) mass is 240 g/mol. The van der Waals surface area contributed by atoms with Crippen LogP contribution in [0.15, 0.2) is 0 Å². The molecule has 1 amide bonds. The molecule has 17 heavy (non-hydrogen) atoms. The first-order valence-corrected chi connectivity index (χ1v) is 6.32. The van der Waals surface area contributed by atoms with E-state index in [9.17, 15) is 9.59 Å². The Labute approximate surface area is 101 Å². The lowest BCUT2D eigenvalue weighted by Crippen LogP contribution is -2.48. The number of carboxylic acid groups (broad SMARTS) is 1. The van der Waals surface area contributed by atoms with Crippen LogP contribution in [0.1, 0.15) is 32.6 Å². The molecule has 0 aromatic rings. The van der Waals surface area contributed by atoms with Crippen molar-refractivity contribution in [1.29, 1.82) is 0 Å². The van der Waals surface area contributed by atoms with E-state index in [4.69, 9.17) is 5.11 Å². The summed E-state index contributed by atoms with van der Waals surface area (Å²) in [5, 5.41) is 12.1. The molecule has 1 aliphatic heterocycles. The number of carbonyl (C=O) groups excluding carboxylic acids is 1. The number of hydrogen-bond donors (Lipinski definition) is 2. The highest BCUT2D eigenvalue weighted by Crippen LogP contribution is 2.36. The quantitative estimate of drug-likeness (QED) is 0.732. The molecule has 5 nitrogen and oxygen atoms in total. The van der Waals surface area contributed by atoms with Crippen molar-refractivity contribution in [2.45, 2.75) is 38.6 Å². The van der Waals surface area contributed by atoms with E-state index in [1.54, 1.807) is 4.90 Å². The Morgan fingerprint density at radius 2 is 2.18 bits per heavy atom. The van der Waals surface area contributed by atoms with Gasteiger partial charge in [-0.05, 0) is 32.2 Å². The number of nitrogens with zero attached hydrogens (tertiary/aromatic N) is 1. The lowest BCUT2D eigenvalue weighted by Gasteiger charge is -2.32. The first-order chi connectivity index (χ1) is 8.09. The van der Waals surface area contributed by atoms with Crippen molar-refractivity contribution in [1.82, 2.24) is 10.2 Å². The number of amides is 1. The Bertz CT molecular complexity index is 320. The van der Waals surface area contributed by atoms with Gasteiger partial charge in [0.05, 0.1) is 5.41 Å². The maximum atomic E-state index is 12.5. The van der Waals surface area contributed by atoms with Crippen LogP contribution in [0, 0.1) is 5.41 Å². The molecular formula is C12H20N2O3. The minimum absolute atomic E-state index is 0.0369. The van der Waals surface area contributed by atoms with Gasteiger partial charge in [0.15, 0.2) is 0 Å². The Morgan fingerprint density at radius 1 is 1.47 bits per heavy atom. The number of carbonyl (C=O) groups is 2. The van der Waals surface area contributed by atoms with Gasteiger partial charge in [0.1, 0.15) is 6.54 Å². The summed E-state index contributed by atoms with van der Waals surface area (Å²) in [5.41, 5.74) is -0.363. The molecular weight excluding hydrogens is 220 g/mol. The highest BCUT2D eigenvalue weighted by molar-refractivity contribution is 5.87. The summed E-state index contributed by atoms with van der Waals surface area (Å²) in [5.74, 6) is -0.877. The third-order valence-electron chi connectivity index (χ3n) is 3.93. The van der Waals surface area contributed by atoms with E-state index < -0.39 is 5.97 Å². The SMILES string of the molecule is CCC1(C(=O)N(CC(=O)O)C2CC2)CCNC1. The van der Waals surface area contributed by atoms with Crippen LogP contribution in [0.25, 0.3) is 0 Å². The van der Waals surface area contributed by atoms with Gasteiger partial charge in [0, 0.05) is 12.6 Å². The second kappa shape index (κ2) is 4.64. The molecule has 0 aromatic carbocycles. The van der Waals surface area contributed by atoms with Crippen molar-refractivity contribution in [2.75, 3.05) is 19.6 Å². The van der Waals surface area contributed by atoms with Gasteiger partial charge >= 0.3 is 5.97 Å². The third kappa shape index (κ3) is 2.44. The zero-order chi connectivity index (χ0) is 12.5. The maximum absolute atomic E-state index is 12.5. The number of hydrogen-bond acceptors (Lipinski definition) is 3. The first-order valence-electron chi connectivity index (χ1n) is 6.32. The van der Waals surface area contributed by atoms with E-state index in [-0.39, 0.29) is 23.9 Å². The normalized spacial score (nSPS) is 28.1. The van der Waals surface area contributed by atoms with Crippen LogP contribution in [-0.2, 0) is 9.59 Å². The second-order valence-electron chi connectivity index (χ2n) is 5.12. The number of carboxylic acids is 1. The molecule has 2 fully saturated rings. The van der Waals surface area contributed by atoms with E-state index in [1.165, 1.54) is 0 Å². The molecule has 5 heteroatoms. The van der Waals surface area contributed by atoms with Crippen molar-refractivity contribution in [3.8, 4) is 0 Å². The Kier molecular flexibility index (Phi) is 3.38. The van der Waals surface area contributed by atoms with E-state index >= 15 is 0 Å². The molecule has 0 spiro atoms. The number of nitrogens with one attached hydrogen (secondary N) is 1. The zero-order valence-corrected chi connectivity index (χ0v) is 10.2. The van der Waals surface area contributed by atoms with Crippen LogP contribution in [0.2, 0.25) is 0 Å². The highest BCUT2D eigenvalue weighted by Gasteiger charge is 2.46. The average molecular weight is 240 g/mol. The Morgan fingerprint density at radius 3 is 2.59 bits per heavy atom. The van der Waals surface area contributed by atoms with Crippen LogP contribution in [0.4, 0.5) is 0 Å². The smallest absolute Gasteiger partial charge is 0.323 e. The summed E-state index contributed by atoms with van der Waals surface area (Å²) in [6.45, 7) is 3.40. The molecule has 2 N–H and O–H groups in total. The fourth-order valence-electron chi connectivity index (χ4n) is 2.58. The van der Waals surface area contributed by atoms with Crippen molar-refractivity contribution in [2.24, 2.45) is 5.41 Å². The van der Waals surface area contributed by atoms with Gasteiger partial charge in [0.2, 0.25) is 5.91 Å². The van der Waals surface area contributed by atoms with Gasteiger partial charge in [-0.25, -0.2) is 0 Å². The zero-order valence-electron chi connectivity index (χ0n) is 10.2. The van der Waals surface area contributed by atoms with Gasteiger partial charge in [-0.2, -0.15) is 0 Å². The molecule has 1 saturated heterocycles. The largest absolute Gasteiger partial charge is 0.480 e. The van der Waals surface area contributed by atoms with Crippen molar-refractivity contribution in [3.63, 3.8) is 0 Å². The van der Waals surface area contributed by atoms with E-state index in [1.807, 2.05) is 6.92 Å². The molecule has 0 bridgehead atoms. The van der Waals surface area contributed by atoms with Crippen LogP contribution >= 0.6 is 0 Å². The summed E-state index contributed by atoms with van der Waals surface area (Å²) in [4.78, 5) is 25.0. The van der Waals surface area contributed by atoms with Gasteiger partial charge < -0.3 is 15.3 Å². The molecule has 0 aromatic heterocycles. The molecule has 96 valence electrons. The first kappa shape index (κ1) is 12.4. The van der Waals surface area contributed by atoms with Gasteiger partial charge in [-0.15, -0.1) is 0 Å². The summed E-state index contributed by atoms with van der Waals surface area (Å²) in [6.07, 6.45) is 3.51. The molecule has 1 heterocycles. The van der Waals surface area contributed by atoms with Gasteiger partial charge in [0.25, 0.3) is 0 Å². The summed E-state index contributed by atoms with van der Waals surface area (Å²) < 4.78 is 0. The molecule has 1 atom stereocenters. The fraction of sp³-hybridized carbons (Fsp3) is 0.833. The predicted molar refractivity (Wildman–Crippen MR) is 62.6 cm³/mol. The summed E-state index contributed by atoms with van der Waals surface area (Å²) in [6, 6.07) is 0.169. The standard InChI is InChI=1S/C12H20N2O3/c1-2-12(5-6-13-8-12)11(17)14(7-10(15)16)9-3-4-9/h9,13H,2-8H2,1H3,(H,15,16). The predicted octanol–water partition coefficient (Wildman–Crippen LogP) is 0.452. The van der Waals surface area contributed by atoms with Gasteiger partial charge in [-0.1, -0.05) is 6.92 Å². The van der Waals surface area contributed by atoms with Crippen LogP contribution in [0.5, 0.6) is 0 Å². The minimum atomic E-state index is -0.914. The average Bonchev–Trinajstić information content (AvgIpc) is 3.02. The molecule has 1 saturated carbocycles. The third-order valence-corrected chi connectivity index (χ3v) is 3.93. The maximum Gasteiger partial charge on any atom is 0.323 e. The van der Waals surface area contributed by atoms with E-state index in [2.05, 4.69) is 5.32 Å². The Hall–Kier alpha value is -1.10. The van der Waals surface area contributed by atoms with Crippen molar-refractivity contribution in [3.05, 3.63) is 0 Å². The molecule has 0 radical (unpaired) electrons. The van der Waals surface area contributed by atoms with Crippen molar-refractivity contribution >= 4 is 11.9 Å². The minimum Gasteiger partial charge on any atom is -0.480 e. The molecule has 1 unspecified atom stereocenters. The summed E-state index contributed by atoms with van der Waals surface area (Å²) >= 11 is 0. The van der Waals surface area contributed by atoms with E-state index in [0.29, 0.717) is 6.54 Å². The van der Waals surface area contributed by atoms with Crippen molar-refractivity contribution < 1.29 is 14.7 Å². The summed E-state index contributed by atoms with van der Waals surface area (Å²) in [7, 11) is 0. The van der Waals surface area contributed by atoms with E-state index in [0.717, 1.165) is 32.2 Å². The lowest BCUT2D eigenvalue weighted by atomic mass is 9.82.